The summed E-state index contributed by atoms with van der Waals surface area (Å²) >= 11 is 12.3. The highest BCUT2D eigenvalue weighted by Gasteiger charge is 2.22. The quantitative estimate of drug-likeness (QED) is 0.547. The van der Waals surface area contributed by atoms with E-state index in [1.54, 1.807) is 19.2 Å². The van der Waals surface area contributed by atoms with E-state index in [0.29, 0.717) is 33.6 Å². The maximum atomic E-state index is 13.9. The lowest BCUT2D eigenvalue weighted by Gasteiger charge is -2.28. The number of nitrogen functional groups attached to an aromatic ring is 1. The van der Waals surface area contributed by atoms with Crippen molar-refractivity contribution in [1.82, 2.24) is 24.9 Å². The molecule has 3 aromatic rings. The molecule has 31 heavy (non-hydrogen) atoms. The molecule has 7 nitrogen and oxygen atoms in total. The third-order valence-corrected chi connectivity index (χ3v) is 6.25. The van der Waals surface area contributed by atoms with Crippen molar-refractivity contribution in [3.8, 4) is 17.0 Å². The van der Waals surface area contributed by atoms with Gasteiger partial charge in [0.15, 0.2) is 11.6 Å². The number of ether oxygens (including phenoxy) is 1. The number of pyridine rings is 1. The first-order valence-electron chi connectivity index (χ1n) is 9.99. The fourth-order valence-electron chi connectivity index (χ4n) is 3.70. The van der Waals surface area contributed by atoms with Gasteiger partial charge in [-0.15, -0.1) is 5.10 Å². The third kappa shape index (κ3) is 4.61. The van der Waals surface area contributed by atoms with Gasteiger partial charge < -0.3 is 15.4 Å². The summed E-state index contributed by atoms with van der Waals surface area (Å²) in [5.41, 5.74) is 7.75. The molecule has 2 N–H and O–H groups in total. The molecule has 2 aromatic heterocycles. The molecule has 1 aromatic carbocycles. The molecule has 4 rings (SSSR count). The lowest BCUT2D eigenvalue weighted by atomic mass is 10.1. The highest BCUT2D eigenvalue weighted by atomic mass is 35.5. The minimum Gasteiger partial charge on any atom is -0.482 e. The van der Waals surface area contributed by atoms with Gasteiger partial charge in [-0.25, -0.2) is 14.1 Å². The molecule has 0 spiro atoms. The number of aromatic nitrogens is 4. The molecule has 0 amide bonds. The standard InChI is InChI=1S/C21H23Cl2FN6O/c1-12(19-15(22)3-4-16(24)20(19)23)31-18-9-13(10-26-21(18)25)17-11-30(28-27-17)14-5-7-29(2)8-6-14/h3-4,9-12,14H,5-8H2,1-2H3,(H2,25,26). The average molecular weight is 465 g/mol. The van der Waals surface area contributed by atoms with Crippen LogP contribution in [0.5, 0.6) is 5.75 Å². The summed E-state index contributed by atoms with van der Waals surface area (Å²) in [6, 6.07) is 4.72. The number of nitrogens with two attached hydrogens (primary N) is 1. The number of anilines is 1. The molecule has 1 aliphatic heterocycles. The number of hydrogen-bond donors (Lipinski definition) is 1. The van der Waals surface area contributed by atoms with Gasteiger partial charge >= 0.3 is 0 Å². The van der Waals surface area contributed by atoms with Crippen LogP contribution in [0.3, 0.4) is 0 Å². The number of benzene rings is 1. The molecule has 1 saturated heterocycles. The first kappa shape index (κ1) is 21.8. The zero-order chi connectivity index (χ0) is 22.1. The molecule has 1 aliphatic rings. The van der Waals surface area contributed by atoms with Gasteiger partial charge in [0.2, 0.25) is 0 Å². The lowest BCUT2D eigenvalue weighted by molar-refractivity contribution is 0.210. The Kier molecular flexibility index (Phi) is 6.31. The van der Waals surface area contributed by atoms with Crippen molar-refractivity contribution in [2.75, 3.05) is 25.9 Å². The topological polar surface area (TPSA) is 82.1 Å². The van der Waals surface area contributed by atoms with E-state index < -0.39 is 11.9 Å². The van der Waals surface area contributed by atoms with Gasteiger partial charge in [-0.3, -0.25) is 0 Å². The van der Waals surface area contributed by atoms with Crippen LogP contribution in [0.15, 0.2) is 30.6 Å². The van der Waals surface area contributed by atoms with Gasteiger partial charge in [-0.2, -0.15) is 0 Å². The van der Waals surface area contributed by atoms with Gasteiger partial charge in [-0.1, -0.05) is 28.4 Å². The van der Waals surface area contributed by atoms with E-state index in [1.165, 1.54) is 12.1 Å². The maximum Gasteiger partial charge on any atom is 0.166 e. The largest absolute Gasteiger partial charge is 0.482 e. The van der Waals surface area contributed by atoms with Gasteiger partial charge in [0.1, 0.15) is 17.6 Å². The van der Waals surface area contributed by atoms with E-state index in [1.807, 2.05) is 10.9 Å². The van der Waals surface area contributed by atoms with Crippen LogP contribution in [-0.4, -0.2) is 45.0 Å². The predicted molar refractivity (Wildman–Crippen MR) is 119 cm³/mol. The molecule has 10 heteroatoms. The minimum atomic E-state index is -0.648. The number of nitrogens with zero attached hydrogens (tertiary/aromatic N) is 5. The first-order chi connectivity index (χ1) is 14.8. The Morgan fingerprint density at radius 2 is 2.00 bits per heavy atom. The maximum absolute atomic E-state index is 13.9. The number of rotatable bonds is 5. The van der Waals surface area contributed by atoms with Gasteiger partial charge in [0.05, 0.1) is 17.3 Å². The van der Waals surface area contributed by atoms with E-state index >= 15 is 0 Å². The van der Waals surface area contributed by atoms with Crippen molar-refractivity contribution in [3.05, 3.63) is 52.0 Å². The zero-order valence-corrected chi connectivity index (χ0v) is 18.7. The molecule has 1 fully saturated rings. The number of piperidine rings is 1. The molecule has 0 radical (unpaired) electrons. The summed E-state index contributed by atoms with van der Waals surface area (Å²) < 4.78 is 21.8. The molecule has 0 saturated carbocycles. The second kappa shape index (κ2) is 8.98. The van der Waals surface area contributed by atoms with E-state index in [4.69, 9.17) is 33.7 Å². The molecule has 3 heterocycles. The Hall–Kier alpha value is -2.42. The van der Waals surface area contributed by atoms with Gasteiger partial charge in [0, 0.05) is 22.3 Å². The van der Waals surface area contributed by atoms with E-state index in [9.17, 15) is 4.39 Å². The summed E-state index contributed by atoms with van der Waals surface area (Å²) in [4.78, 5) is 6.53. The van der Waals surface area contributed by atoms with Crippen molar-refractivity contribution < 1.29 is 9.13 Å². The zero-order valence-electron chi connectivity index (χ0n) is 17.2. The molecular weight excluding hydrogens is 442 g/mol. The lowest BCUT2D eigenvalue weighted by Crippen LogP contribution is -2.31. The van der Waals surface area contributed by atoms with Crippen molar-refractivity contribution >= 4 is 29.0 Å². The number of likely N-dealkylation sites (tertiary alicyclic amines) is 1. The Labute approximate surface area is 189 Å². The SMILES string of the molecule is CC(Oc1cc(-c2cn(C3CCN(C)CC3)nn2)cnc1N)c1c(Cl)ccc(F)c1Cl. The Morgan fingerprint density at radius 3 is 2.74 bits per heavy atom. The molecule has 0 aliphatic carbocycles. The smallest absolute Gasteiger partial charge is 0.166 e. The Balaban J connectivity index is 1.56. The van der Waals surface area contributed by atoms with Crippen LogP contribution >= 0.6 is 23.2 Å². The first-order valence-corrected chi connectivity index (χ1v) is 10.8. The van der Waals surface area contributed by atoms with Crippen LogP contribution < -0.4 is 10.5 Å². The summed E-state index contributed by atoms with van der Waals surface area (Å²) in [6.07, 6.45) is 4.94. The Morgan fingerprint density at radius 1 is 1.26 bits per heavy atom. The van der Waals surface area contributed by atoms with Crippen LogP contribution in [0.2, 0.25) is 10.0 Å². The average Bonchev–Trinajstić information content (AvgIpc) is 3.23. The van der Waals surface area contributed by atoms with Crippen molar-refractivity contribution in [3.63, 3.8) is 0 Å². The van der Waals surface area contributed by atoms with E-state index in [0.717, 1.165) is 25.9 Å². The molecular formula is C21H23Cl2FN6O. The van der Waals surface area contributed by atoms with E-state index in [-0.39, 0.29) is 10.8 Å². The Bertz CT molecular complexity index is 1080. The number of halogens is 3. The van der Waals surface area contributed by atoms with Crippen molar-refractivity contribution in [2.24, 2.45) is 0 Å². The fraction of sp³-hybridized carbons (Fsp3) is 0.381. The highest BCUT2D eigenvalue weighted by Crippen LogP contribution is 2.36. The van der Waals surface area contributed by atoms with Crippen LogP contribution in [-0.2, 0) is 0 Å². The van der Waals surface area contributed by atoms with Crippen LogP contribution in [0.25, 0.3) is 11.3 Å². The van der Waals surface area contributed by atoms with Crippen LogP contribution in [0.1, 0.15) is 37.5 Å². The molecule has 1 unspecified atom stereocenters. The predicted octanol–water partition coefficient (Wildman–Crippen LogP) is 4.77. The monoisotopic (exact) mass is 464 g/mol. The molecule has 1 atom stereocenters. The third-order valence-electron chi connectivity index (χ3n) is 5.54. The summed E-state index contributed by atoms with van der Waals surface area (Å²) in [5, 5.41) is 8.83. The molecule has 164 valence electrons. The van der Waals surface area contributed by atoms with Crippen LogP contribution in [0, 0.1) is 5.82 Å². The molecule has 0 bridgehead atoms. The van der Waals surface area contributed by atoms with E-state index in [2.05, 4.69) is 27.2 Å². The second-order valence-electron chi connectivity index (χ2n) is 7.74. The fourth-order valence-corrected chi connectivity index (χ4v) is 4.38. The summed E-state index contributed by atoms with van der Waals surface area (Å²) in [5.74, 6) is -0.0425. The van der Waals surface area contributed by atoms with Crippen molar-refractivity contribution in [1.29, 1.82) is 0 Å². The summed E-state index contributed by atoms with van der Waals surface area (Å²) in [6.45, 7) is 3.78. The van der Waals surface area contributed by atoms with Gasteiger partial charge in [0.25, 0.3) is 0 Å². The highest BCUT2D eigenvalue weighted by molar-refractivity contribution is 6.36. The second-order valence-corrected chi connectivity index (χ2v) is 8.53. The van der Waals surface area contributed by atoms with Gasteiger partial charge in [-0.05, 0) is 58.1 Å². The summed E-state index contributed by atoms with van der Waals surface area (Å²) in [7, 11) is 2.12. The minimum absolute atomic E-state index is 0.0799. The normalized spacial score (nSPS) is 16.4. The van der Waals surface area contributed by atoms with Crippen LogP contribution in [0.4, 0.5) is 10.2 Å². The number of hydrogen-bond acceptors (Lipinski definition) is 6. The van der Waals surface area contributed by atoms with Crippen molar-refractivity contribution in [2.45, 2.75) is 31.9 Å².